The number of benzene rings is 2. The lowest BCUT2D eigenvalue weighted by molar-refractivity contribution is 0.636. The molecule has 4 nitrogen and oxygen atoms in total. The molecule has 0 aliphatic rings. The molecule has 0 saturated carbocycles. The first-order valence-corrected chi connectivity index (χ1v) is 9.29. The Labute approximate surface area is 167 Å². The van der Waals surface area contributed by atoms with Crippen LogP contribution in [0.15, 0.2) is 67.1 Å². The van der Waals surface area contributed by atoms with Gasteiger partial charge in [0.25, 0.3) is 0 Å². The molecule has 2 aromatic carbocycles. The second-order valence-electron chi connectivity index (χ2n) is 6.59. The molecule has 6 heteroatoms. The summed E-state index contributed by atoms with van der Waals surface area (Å²) in [6.07, 6.45) is 3.09. The van der Waals surface area contributed by atoms with Gasteiger partial charge in [-0.2, -0.15) is 0 Å². The first-order valence-electron chi connectivity index (χ1n) is 8.91. The monoisotopic (exact) mass is 392 g/mol. The average molecular weight is 393 g/mol. The minimum atomic E-state index is -0.324. The quantitative estimate of drug-likeness (QED) is 0.430. The van der Waals surface area contributed by atoms with E-state index in [1.807, 2.05) is 24.3 Å². The number of anilines is 1. The topological polar surface area (TPSA) is 41.9 Å². The summed E-state index contributed by atoms with van der Waals surface area (Å²) in [5.74, 6) is 0.388. The third kappa shape index (κ3) is 3.80. The van der Waals surface area contributed by atoms with E-state index in [4.69, 9.17) is 11.6 Å². The first-order chi connectivity index (χ1) is 13.6. The summed E-state index contributed by atoms with van der Waals surface area (Å²) in [7, 11) is 0. The maximum atomic E-state index is 14.2. The summed E-state index contributed by atoms with van der Waals surface area (Å²) >= 11 is 6.10. The van der Waals surface area contributed by atoms with E-state index in [-0.39, 0.29) is 5.82 Å². The molecule has 4 aromatic rings. The number of nitrogens with zero attached hydrogens (tertiary/aromatic N) is 4. The van der Waals surface area contributed by atoms with E-state index >= 15 is 0 Å². The third-order valence-corrected chi connectivity index (χ3v) is 4.95. The molecule has 0 bridgehead atoms. The van der Waals surface area contributed by atoms with Gasteiger partial charge in [0.2, 0.25) is 0 Å². The number of aromatic nitrogens is 3. The first kappa shape index (κ1) is 18.3. The van der Waals surface area contributed by atoms with Crippen molar-refractivity contribution < 1.29 is 4.39 Å². The van der Waals surface area contributed by atoms with Crippen LogP contribution in [0.1, 0.15) is 16.7 Å². The molecule has 0 radical (unpaired) electrons. The van der Waals surface area contributed by atoms with Crippen molar-refractivity contribution in [2.75, 3.05) is 4.90 Å². The minimum Gasteiger partial charge on any atom is -0.348 e. The van der Waals surface area contributed by atoms with Crippen LogP contribution in [0.3, 0.4) is 0 Å². The van der Waals surface area contributed by atoms with Gasteiger partial charge in [0, 0.05) is 30.7 Å². The molecule has 0 amide bonds. The summed E-state index contributed by atoms with van der Waals surface area (Å²) in [6.45, 7) is 3.25. The number of halogens is 2. The van der Waals surface area contributed by atoms with Crippen molar-refractivity contribution >= 4 is 28.3 Å². The smallest absolute Gasteiger partial charge is 0.149 e. The number of para-hydroxylation sites is 1. The van der Waals surface area contributed by atoms with Crippen molar-refractivity contribution in [3.63, 3.8) is 0 Å². The van der Waals surface area contributed by atoms with Crippen molar-refractivity contribution in [2.45, 2.75) is 20.0 Å². The van der Waals surface area contributed by atoms with Crippen LogP contribution in [0.5, 0.6) is 0 Å². The third-order valence-electron chi connectivity index (χ3n) is 4.74. The summed E-state index contributed by atoms with van der Waals surface area (Å²) in [6, 6.07) is 16.9. The Hall–Kier alpha value is -3.05. The molecule has 4 rings (SSSR count). The molecule has 0 unspecified atom stereocenters. The molecule has 0 N–H and O–H groups in total. The number of fused-ring (bicyclic) bond motifs is 1. The summed E-state index contributed by atoms with van der Waals surface area (Å²) < 4.78 is 14.2. The highest BCUT2D eigenvalue weighted by Gasteiger charge is 2.15. The zero-order valence-electron chi connectivity index (χ0n) is 15.3. The number of aryl methyl sites for hydroxylation is 1. The molecular formula is C22H18ClFN4. The maximum absolute atomic E-state index is 14.2. The lowest BCUT2D eigenvalue weighted by Gasteiger charge is -2.25. The molecule has 0 aliphatic heterocycles. The minimum absolute atomic E-state index is 0.324. The zero-order valence-corrected chi connectivity index (χ0v) is 16.1. The molecular weight excluding hydrogens is 375 g/mol. The van der Waals surface area contributed by atoms with E-state index in [1.54, 1.807) is 18.3 Å². The van der Waals surface area contributed by atoms with Crippen molar-refractivity contribution in [3.05, 3.63) is 94.8 Å². The van der Waals surface area contributed by atoms with Gasteiger partial charge in [0.05, 0.1) is 0 Å². The number of rotatable bonds is 5. The van der Waals surface area contributed by atoms with Crippen LogP contribution in [0, 0.1) is 12.7 Å². The summed E-state index contributed by atoms with van der Waals surface area (Å²) in [4.78, 5) is 14.7. The Balaban J connectivity index is 1.76. The molecule has 2 aromatic heterocycles. The van der Waals surface area contributed by atoms with Crippen LogP contribution in [-0.4, -0.2) is 15.0 Å². The van der Waals surface area contributed by atoms with Crippen molar-refractivity contribution in [3.8, 4) is 0 Å². The van der Waals surface area contributed by atoms with E-state index in [9.17, 15) is 4.39 Å². The molecule has 140 valence electrons. The van der Waals surface area contributed by atoms with Crippen molar-refractivity contribution in [2.24, 2.45) is 0 Å². The SMILES string of the molecule is Cc1ccccc1CN(Cc1ccnc2c(F)cccc12)c1cc(Cl)ncn1. The second-order valence-corrected chi connectivity index (χ2v) is 6.97. The normalized spacial score (nSPS) is 11.0. The van der Waals surface area contributed by atoms with Crippen LogP contribution in [0.4, 0.5) is 10.2 Å². The molecule has 0 fully saturated rings. The standard InChI is InChI=1S/C22H18ClFN4/c1-15-5-2-3-6-16(15)12-28(21-11-20(23)26-14-27-21)13-17-9-10-25-22-18(17)7-4-8-19(22)24/h2-11,14H,12-13H2,1H3. The van der Waals surface area contributed by atoms with E-state index in [0.29, 0.717) is 29.6 Å². The van der Waals surface area contributed by atoms with E-state index < -0.39 is 0 Å². The van der Waals surface area contributed by atoms with Gasteiger partial charge in [-0.3, -0.25) is 4.98 Å². The molecule has 0 spiro atoms. The van der Waals surface area contributed by atoms with Crippen molar-refractivity contribution in [1.82, 2.24) is 15.0 Å². The second kappa shape index (κ2) is 7.90. The Morgan fingerprint density at radius 1 is 0.929 bits per heavy atom. The van der Waals surface area contributed by atoms with Gasteiger partial charge < -0.3 is 4.90 Å². The van der Waals surface area contributed by atoms with Gasteiger partial charge in [-0.1, -0.05) is 48.0 Å². The molecule has 28 heavy (non-hydrogen) atoms. The largest absolute Gasteiger partial charge is 0.348 e. The fourth-order valence-corrected chi connectivity index (χ4v) is 3.39. The van der Waals surface area contributed by atoms with Crippen LogP contribution >= 0.6 is 11.6 Å². The highest BCUT2D eigenvalue weighted by molar-refractivity contribution is 6.29. The Morgan fingerprint density at radius 2 is 1.75 bits per heavy atom. The van der Waals surface area contributed by atoms with Gasteiger partial charge >= 0.3 is 0 Å². The maximum Gasteiger partial charge on any atom is 0.149 e. The average Bonchev–Trinajstić information content (AvgIpc) is 2.70. The fourth-order valence-electron chi connectivity index (χ4n) is 3.25. The fraction of sp³-hybridized carbons (Fsp3) is 0.136. The van der Waals surface area contributed by atoms with Crippen LogP contribution in [0.2, 0.25) is 5.15 Å². The lowest BCUT2D eigenvalue weighted by Crippen LogP contribution is -2.24. The highest BCUT2D eigenvalue weighted by atomic mass is 35.5. The van der Waals surface area contributed by atoms with Crippen LogP contribution in [-0.2, 0) is 13.1 Å². The lowest BCUT2D eigenvalue weighted by atomic mass is 10.1. The van der Waals surface area contributed by atoms with E-state index in [0.717, 1.165) is 10.9 Å². The van der Waals surface area contributed by atoms with Crippen LogP contribution in [0.25, 0.3) is 10.9 Å². The number of pyridine rings is 1. The summed E-state index contributed by atoms with van der Waals surface area (Å²) in [5.41, 5.74) is 3.71. The van der Waals surface area contributed by atoms with Gasteiger partial charge in [-0.15, -0.1) is 0 Å². The zero-order chi connectivity index (χ0) is 19.5. The molecule has 0 atom stereocenters. The predicted octanol–water partition coefficient (Wildman–Crippen LogP) is 5.33. The summed E-state index contributed by atoms with van der Waals surface area (Å²) in [5, 5.41) is 1.17. The number of hydrogen-bond acceptors (Lipinski definition) is 4. The van der Waals surface area contributed by atoms with Gasteiger partial charge in [-0.05, 0) is 35.7 Å². The van der Waals surface area contributed by atoms with Crippen LogP contribution < -0.4 is 4.90 Å². The Morgan fingerprint density at radius 3 is 2.57 bits per heavy atom. The Bertz CT molecular complexity index is 1130. The predicted molar refractivity (Wildman–Crippen MR) is 110 cm³/mol. The van der Waals surface area contributed by atoms with Gasteiger partial charge in [0.15, 0.2) is 0 Å². The van der Waals surface area contributed by atoms with E-state index in [1.165, 1.54) is 23.5 Å². The molecule has 0 saturated heterocycles. The van der Waals surface area contributed by atoms with Crippen molar-refractivity contribution in [1.29, 1.82) is 0 Å². The Kier molecular flexibility index (Phi) is 5.17. The molecule has 0 aliphatic carbocycles. The number of hydrogen-bond donors (Lipinski definition) is 0. The van der Waals surface area contributed by atoms with Gasteiger partial charge in [-0.25, -0.2) is 14.4 Å². The molecule has 2 heterocycles. The van der Waals surface area contributed by atoms with Gasteiger partial charge in [0.1, 0.15) is 28.6 Å². The highest BCUT2D eigenvalue weighted by Crippen LogP contribution is 2.25. The van der Waals surface area contributed by atoms with E-state index in [2.05, 4.69) is 38.9 Å².